The van der Waals surface area contributed by atoms with Crippen LogP contribution in [0.15, 0.2) is 29.2 Å². The van der Waals surface area contributed by atoms with Gasteiger partial charge in [0, 0.05) is 10.6 Å². The van der Waals surface area contributed by atoms with Gasteiger partial charge in [-0.2, -0.15) is 0 Å². The first-order valence-electron chi connectivity index (χ1n) is 2.55. The lowest BCUT2D eigenvalue weighted by atomic mass is 10.3. The predicted molar refractivity (Wildman–Crippen MR) is 40.9 cm³/mol. The molecular weight excluding hydrogens is 132 g/mol. The highest BCUT2D eigenvalue weighted by atomic mass is 32.2. The summed E-state index contributed by atoms with van der Waals surface area (Å²) in [5.41, 5.74) is 6.22. The van der Waals surface area contributed by atoms with Crippen LogP contribution in [0.3, 0.4) is 0 Å². The van der Waals surface area contributed by atoms with E-state index in [1.165, 1.54) is 11.9 Å². The van der Waals surface area contributed by atoms with Gasteiger partial charge in [0.15, 0.2) is 0 Å². The standard InChI is InChI=1S/C6H8N2S/c7-5-2-1-3-6(4-5)9-8/h1-4H,7-8H2. The van der Waals surface area contributed by atoms with Gasteiger partial charge in [-0.3, -0.25) is 5.14 Å². The van der Waals surface area contributed by atoms with E-state index in [1.807, 2.05) is 24.3 Å². The van der Waals surface area contributed by atoms with Crippen molar-refractivity contribution < 1.29 is 0 Å². The SMILES string of the molecule is NSc1cccc(N)c1. The molecule has 4 N–H and O–H groups in total. The van der Waals surface area contributed by atoms with Crippen molar-refractivity contribution in [1.82, 2.24) is 0 Å². The lowest BCUT2D eigenvalue weighted by Crippen LogP contribution is -1.85. The molecule has 1 aromatic rings. The lowest BCUT2D eigenvalue weighted by Gasteiger charge is -1.94. The number of hydrogen-bond donors (Lipinski definition) is 2. The second kappa shape index (κ2) is 2.75. The molecule has 0 radical (unpaired) electrons. The lowest BCUT2D eigenvalue weighted by molar-refractivity contribution is 1.46. The van der Waals surface area contributed by atoms with Gasteiger partial charge in [-0.05, 0) is 30.1 Å². The third kappa shape index (κ3) is 1.62. The summed E-state index contributed by atoms with van der Waals surface area (Å²) in [4.78, 5) is 0.995. The van der Waals surface area contributed by atoms with Crippen molar-refractivity contribution in [2.45, 2.75) is 4.90 Å². The molecule has 0 atom stereocenters. The monoisotopic (exact) mass is 140 g/mol. The highest BCUT2D eigenvalue weighted by molar-refractivity contribution is 7.97. The molecule has 0 amide bonds. The van der Waals surface area contributed by atoms with Crippen LogP contribution in [0.1, 0.15) is 0 Å². The number of anilines is 1. The normalized spacial score (nSPS) is 9.44. The quantitative estimate of drug-likeness (QED) is 0.455. The van der Waals surface area contributed by atoms with Crippen LogP contribution in [-0.2, 0) is 0 Å². The molecule has 0 heterocycles. The number of rotatable bonds is 1. The van der Waals surface area contributed by atoms with Crippen molar-refractivity contribution in [1.29, 1.82) is 0 Å². The molecule has 0 aliphatic heterocycles. The summed E-state index contributed by atoms with van der Waals surface area (Å²) in [6.07, 6.45) is 0. The zero-order valence-electron chi connectivity index (χ0n) is 4.87. The highest BCUT2D eigenvalue weighted by Crippen LogP contribution is 2.13. The van der Waals surface area contributed by atoms with Crippen LogP contribution < -0.4 is 10.9 Å². The third-order valence-corrected chi connectivity index (χ3v) is 1.52. The summed E-state index contributed by atoms with van der Waals surface area (Å²) >= 11 is 1.20. The van der Waals surface area contributed by atoms with Crippen molar-refractivity contribution in [3.63, 3.8) is 0 Å². The summed E-state index contributed by atoms with van der Waals surface area (Å²) in [6.45, 7) is 0. The molecule has 0 fully saturated rings. The minimum Gasteiger partial charge on any atom is -0.399 e. The smallest absolute Gasteiger partial charge is 0.0325 e. The highest BCUT2D eigenvalue weighted by Gasteiger charge is 1.87. The number of hydrogen-bond acceptors (Lipinski definition) is 3. The zero-order valence-corrected chi connectivity index (χ0v) is 5.69. The fourth-order valence-corrected chi connectivity index (χ4v) is 0.949. The molecule has 3 heteroatoms. The summed E-state index contributed by atoms with van der Waals surface area (Å²) in [5.74, 6) is 0. The maximum absolute atomic E-state index is 5.47. The molecule has 0 aliphatic rings. The molecule has 0 unspecified atom stereocenters. The Morgan fingerprint density at radius 1 is 1.33 bits per heavy atom. The molecular formula is C6H8N2S. The topological polar surface area (TPSA) is 52.0 Å². The van der Waals surface area contributed by atoms with Gasteiger partial charge >= 0.3 is 0 Å². The number of nitrogens with two attached hydrogens (primary N) is 2. The second-order valence-electron chi connectivity index (χ2n) is 1.69. The van der Waals surface area contributed by atoms with E-state index >= 15 is 0 Å². The van der Waals surface area contributed by atoms with E-state index < -0.39 is 0 Å². The fraction of sp³-hybridized carbons (Fsp3) is 0. The molecule has 1 rings (SSSR count). The van der Waals surface area contributed by atoms with Crippen LogP contribution in [0.4, 0.5) is 5.69 Å². The van der Waals surface area contributed by atoms with Crippen LogP contribution in [0.2, 0.25) is 0 Å². The molecule has 0 aromatic heterocycles. The van der Waals surface area contributed by atoms with Gasteiger partial charge in [-0.1, -0.05) is 6.07 Å². The minimum atomic E-state index is 0.755. The Hall–Kier alpha value is -0.670. The van der Waals surface area contributed by atoms with E-state index in [-0.39, 0.29) is 0 Å². The van der Waals surface area contributed by atoms with Crippen molar-refractivity contribution in [3.8, 4) is 0 Å². The number of nitrogen functional groups attached to an aromatic ring is 1. The molecule has 9 heavy (non-hydrogen) atoms. The Morgan fingerprint density at radius 3 is 2.56 bits per heavy atom. The van der Waals surface area contributed by atoms with E-state index in [1.54, 1.807) is 0 Å². The van der Waals surface area contributed by atoms with Crippen molar-refractivity contribution in [2.75, 3.05) is 5.73 Å². The van der Waals surface area contributed by atoms with Crippen LogP contribution in [0, 0.1) is 0 Å². The van der Waals surface area contributed by atoms with Gasteiger partial charge in [0.25, 0.3) is 0 Å². The maximum atomic E-state index is 5.47. The molecule has 48 valence electrons. The van der Waals surface area contributed by atoms with Gasteiger partial charge in [0.2, 0.25) is 0 Å². The summed E-state index contributed by atoms with van der Waals surface area (Å²) < 4.78 is 0. The summed E-state index contributed by atoms with van der Waals surface area (Å²) in [7, 11) is 0. The Balaban J connectivity index is 2.94. The van der Waals surface area contributed by atoms with Gasteiger partial charge in [-0.15, -0.1) is 0 Å². The van der Waals surface area contributed by atoms with Crippen molar-refractivity contribution >= 4 is 17.6 Å². The Morgan fingerprint density at radius 2 is 2.11 bits per heavy atom. The first-order chi connectivity index (χ1) is 4.33. The molecule has 0 bridgehead atoms. The van der Waals surface area contributed by atoms with Crippen LogP contribution in [0.25, 0.3) is 0 Å². The molecule has 0 spiro atoms. The Kier molecular flexibility index (Phi) is 1.97. The van der Waals surface area contributed by atoms with E-state index in [0.717, 1.165) is 10.6 Å². The minimum absolute atomic E-state index is 0.755. The molecule has 2 nitrogen and oxygen atoms in total. The van der Waals surface area contributed by atoms with Crippen molar-refractivity contribution in [3.05, 3.63) is 24.3 Å². The fourth-order valence-electron chi connectivity index (χ4n) is 0.588. The Labute approximate surface area is 58.4 Å². The second-order valence-corrected chi connectivity index (χ2v) is 2.40. The Bertz CT molecular complexity index is 200. The molecule has 0 saturated carbocycles. The largest absolute Gasteiger partial charge is 0.399 e. The van der Waals surface area contributed by atoms with Gasteiger partial charge < -0.3 is 5.73 Å². The van der Waals surface area contributed by atoms with Crippen molar-refractivity contribution in [2.24, 2.45) is 5.14 Å². The first kappa shape index (κ1) is 6.45. The maximum Gasteiger partial charge on any atom is 0.0325 e. The third-order valence-electron chi connectivity index (χ3n) is 0.994. The van der Waals surface area contributed by atoms with Gasteiger partial charge in [-0.25, -0.2) is 0 Å². The van der Waals surface area contributed by atoms with Crippen LogP contribution in [0.5, 0.6) is 0 Å². The van der Waals surface area contributed by atoms with Crippen LogP contribution in [-0.4, -0.2) is 0 Å². The average molecular weight is 140 g/mol. The summed E-state index contributed by atoms with van der Waals surface area (Å²) in [5, 5.41) is 5.28. The zero-order chi connectivity index (χ0) is 6.69. The van der Waals surface area contributed by atoms with Gasteiger partial charge in [0.1, 0.15) is 0 Å². The van der Waals surface area contributed by atoms with E-state index in [0.29, 0.717) is 0 Å². The van der Waals surface area contributed by atoms with E-state index in [4.69, 9.17) is 10.9 Å². The predicted octanol–water partition coefficient (Wildman–Crippen LogP) is 1.23. The first-order valence-corrected chi connectivity index (χ1v) is 3.43. The molecule has 0 aliphatic carbocycles. The van der Waals surface area contributed by atoms with E-state index in [9.17, 15) is 0 Å². The molecule has 0 saturated heterocycles. The summed E-state index contributed by atoms with van der Waals surface area (Å²) in [6, 6.07) is 7.47. The molecule has 1 aromatic carbocycles. The van der Waals surface area contributed by atoms with Gasteiger partial charge in [0.05, 0.1) is 0 Å². The number of benzene rings is 1. The average Bonchev–Trinajstić information content (AvgIpc) is 1.88. The van der Waals surface area contributed by atoms with E-state index in [2.05, 4.69) is 0 Å². The van der Waals surface area contributed by atoms with Crippen LogP contribution >= 0.6 is 11.9 Å².